The van der Waals surface area contributed by atoms with Crippen molar-refractivity contribution >= 4 is 31.1 Å². The molecule has 0 unspecified atom stereocenters. The Kier molecular flexibility index (Phi) is 7.01. The Bertz CT molecular complexity index is 594. The van der Waals surface area contributed by atoms with Crippen LogP contribution in [0.3, 0.4) is 0 Å². The standard InChI is InChI=1S/C16H22ClO4P/c1-11(2)20-22(19,21-12(3)4)16(13(5)18)10-14-7-6-8-15(17)9-14/h6-12H,1-5H3. The molecular weight excluding hydrogens is 323 g/mol. The van der Waals surface area contributed by atoms with Crippen LogP contribution < -0.4 is 0 Å². The number of halogens is 1. The molecule has 0 aromatic heterocycles. The lowest BCUT2D eigenvalue weighted by molar-refractivity contribution is -0.113. The van der Waals surface area contributed by atoms with Crippen molar-refractivity contribution < 1.29 is 18.4 Å². The van der Waals surface area contributed by atoms with Crippen LogP contribution in [0.4, 0.5) is 0 Å². The molecule has 0 saturated heterocycles. The van der Waals surface area contributed by atoms with Gasteiger partial charge >= 0.3 is 7.60 Å². The normalized spacial score (nSPS) is 13.0. The van der Waals surface area contributed by atoms with E-state index >= 15 is 0 Å². The van der Waals surface area contributed by atoms with E-state index in [1.54, 1.807) is 52.0 Å². The summed E-state index contributed by atoms with van der Waals surface area (Å²) in [4.78, 5) is 12.0. The largest absolute Gasteiger partial charge is 0.365 e. The van der Waals surface area contributed by atoms with E-state index in [0.717, 1.165) is 0 Å². The lowest BCUT2D eigenvalue weighted by atomic mass is 10.2. The minimum Gasteiger partial charge on any atom is -0.302 e. The number of benzene rings is 1. The molecule has 6 heteroatoms. The highest BCUT2D eigenvalue weighted by molar-refractivity contribution is 7.60. The second-order valence-corrected chi connectivity index (χ2v) is 7.78. The molecule has 0 saturated carbocycles. The van der Waals surface area contributed by atoms with Gasteiger partial charge in [-0.05, 0) is 58.4 Å². The first-order chi connectivity index (χ1) is 10.1. The van der Waals surface area contributed by atoms with Crippen LogP contribution in [-0.2, 0) is 18.4 Å². The van der Waals surface area contributed by atoms with Gasteiger partial charge in [0.2, 0.25) is 0 Å². The van der Waals surface area contributed by atoms with Gasteiger partial charge in [-0.2, -0.15) is 0 Å². The molecule has 0 radical (unpaired) electrons. The fourth-order valence-electron chi connectivity index (χ4n) is 1.82. The first-order valence-electron chi connectivity index (χ1n) is 7.09. The molecule has 0 fully saturated rings. The summed E-state index contributed by atoms with van der Waals surface area (Å²) in [5.74, 6) is -0.357. The molecule has 0 amide bonds. The molecule has 1 aromatic carbocycles. The molecule has 0 atom stereocenters. The Hall–Kier alpha value is -0.930. The van der Waals surface area contributed by atoms with Gasteiger partial charge in [0.25, 0.3) is 0 Å². The van der Waals surface area contributed by atoms with Crippen molar-refractivity contribution in [2.75, 3.05) is 0 Å². The SMILES string of the molecule is CC(=O)C(=Cc1cccc(Cl)c1)P(=O)(OC(C)C)OC(C)C. The second kappa shape index (κ2) is 8.07. The Balaban J connectivity index is 3.36. The van der Waals surface area contributed by atoms with Crippen molar-refractivity contribution in [1.82, 2.24) is 0 Å². The van der Waals surface area contributed by atoms with E-state index in [1.807, 2.05) is 0 Å². The van der Waals surface area contributed by atoms with E-state index in [2.05, 4.69) is 0 Å². The maximum atomic E-state index is 13.1. The Labute approximate surface area is 137 Å². The van der Waals surface area contributed by atoms with E-state index in [-0.39, 0.29) is 23.3 Å². The molecule has 1 rings (SSSR count). The number of ketones is 1. The van der Waals surface area contributed by atoms with Crippen molar-refractivity contribution in [2.45, 2.75) is 46.8 Å². The van der Waals surface area contributed by atoms with Gasteiger partial charge in [0, 0.05) is 5.02 Å². The van der Waals surface area contributed by atoms with Gasteiger partial charge in [0.05, 0.1) is 12.2 Å². The topological polar surface area (TPSA) is 52.6 Å². The Morgan fingerprint density at radius 2 is 1.73 bits per heavy atom. The minimum absolute atomic E-state index is 0.0252. The average Bonchev–Trinajstić information content (AvgIpc) is 2.33. The quantitative estimate of drug-likeness (QED) is 0.496. The molecule has 0 spiro atoms. The first-order valence-corrected chi connectivity index (χ1v) is 9.01. The van der Waals surface area contributed by atoms with Crippen molar-refractivity contribution in [1.29, 1.82) is 0 Å². The third kappa shape index (κ3) is 5.69. The van der Waals surface area contributed by atoms with Crippen LogP contribution in [0.5, 0.6) is 0 Å². The molecule has 0 bridgehead atoms. The molecule has 122 valence electrons. The number of rotatable bonds is 7. The van der Waals surface area contributed by atoms with Crippen LogP contribution in [-0.4, -0.2) is 18.0 Å². The van der Waals surface area contributed by atoms with Crippen LogP contribution in [0, 0.1) is 0 Å². The van der Waals surface area contributed by atoms with Crippen molar-refractivity contribution in [3.8, 4) is 0 Å². The minimum atomic E-state index is -3.71. The predicted octanol–water partition coefficient (Wildman–Crippen LogP) is 5.31. The monoisotopic (exact) mass is 344 g/mol. The van der Waals surface area contributed by atoms with Gasteiger partial charge < -0.3 is 9.05 Å². The number of hydrogen-bond acceptors (Lipinski definition) is 4. The summed E-state index contributed by atoms with van der Waals surface area (Å²) in [6.45, 7) is 8.32. The van der Waals surface area contributed by atoms with Gasteiger partial charge in [0.15, 0.2) is 5.78 Å². The van der Waals surface area contributed by atoms with Gasteiger partial charge in [-0.25, -0.2) is 0 Å². The van der Waals surface area contributed by atoms with Crippen molar-refractivity contribution in [3.63, 3.8) is 0 Å². The van der Waals surface area contributed by atoms with Crippen LogP contribution in [0.15, 0.2) is 29.6 Å². The molecule has 0 aliphatic rings. The summed E-state index contributed by atoms with van der Waals surface area (Å²) in [5.41, 5.74) is 0.664. The number of carbonyl (C=O) groups is 1. The van der Waals surface area contributed by atoms with E-state index in [9.17, 15) is 9.36 Å². The third-order valence-corrected chi connectivity index (χ3v) is 5.17. The zero-order valence-corrected chi connectivity index (χ0v) is 15.1. The maximum Gasteiger partial charge on any atom is 0.365 e. The van der Waals surface area contributed by atoms with E-state index in [0.29, 0.717) is 10.6 Å². The van der Waals surface area contributed by atoms with Crippen LogP contribution in [0.25, 0.3) is 6.08 Å². The maximum absolute atomic E-state index is 13.1. The number of allylic oxidation sites excluding steroid dienone is 1. The zero-order chi connectivity index (χ0) is 16.9. The fourth-order valence-corrected chi connectivity index (χ4v) is 4.10. The van der Waals surface area contributed by atoms with Gasteiger partial charge in [-0.3, -0.25) is 9.36 Å². The molecule has 0 heterocycles. The Morgan fingerprint density at radius 3 is 2.14 bits per heavy atom. The molecule has 22 heavy (non-hydrogen) atoms. The predicted molar refractivity (Wildman–Crippen MR) is 90.2 cm³/mol. The second-order valence-electron chi connectivity index (χ2n) is 5.45. The Morgan fingerprint density at radius 1 is 1.18 bits per heavy atom. The summed E-state index contributed by atoms with van der Waals surface area (Å²) in [6.07, 6.45) is 0.832. The number of carbonyl (C=O) groups excluding carboxylic acids is 1. The smallest absolute Gasteiger partial charge is 0.302 e. The van der Waals surface area contributed by atoms with E-state index < -0.39 is 7.60 Å². The molecule has 0 N–H and O–H groups in total. The number of hydrogen-bond donors (Lipinski definition) is 0. The molecule has 1 aromatic rings. The zero-order valence-electron chi connectivity index (χ0n) is 13.5. The summed E-state index contributed by atoms with van der Waals surface area (Å²) >= 11 is 5.95. The highest BCUT2D eigenvalue weighted by Gasteiger charge is 2.35. The van der Waals surface area contributed by atoms with Gasteiger partial charge in [0.1, 0.15) is 5.31 Å². The summed E-state index contributed by atoms with van der Waals surface area (Å²) in [7, 11) is -3.71. The molecule has 0 aliphatic carbocycles. The van der Waals surface area contributed by atoms with Crippen LogP contribution in [0.2, 0.25) is 5.02 Å². The molecule has 4 nitrogen and oxygen atoms in total. The van der Waals surface area contributed by atoms with Crippen LogP contribution in [0.1, 0.15) is 40.2 Å². The molecule has 0 aliphatic heterocycles. The lowest BCUT2D eigenvalue weighted by Crippen LogP contribution is -2.12. The molecular formula is C16H22ClO4P. The summed E-state index contributed by atoms with van der Waals surface area (Å²) in [6, 6.07) is 6.92. The van der Waals surface area contributed by atoms with E-state index in [1.165, 1.54) is 13.0 Å². The number of Topliss-reactive ketones (excluding diaryl/α,β-unsaturated/α-hetero) is 1. The van der Waals surface area contributed by atoms with E-state index in [4.69, 9.17) is 20.6 Å². The highest BCUT2D eigenvalue weighted by atomic mass is 35.5. The van der Waals surface area contributed by atoms with Gasteiger partial charge in [-0.15, -0.1) is 0 Å². The van der Waals surface area contributed by atoms with Crippen molar-refractivity contribution in [2.24, 2.45) is 0 Å². The summed E-state index contributed by atoms with van der Waals surface area (Å²) in [5, 5.41) is 0.554. The van der Waals surface area contributed by atoms with Gasteiger partial charge in [-0.1, -0.05) is 23.7 Å². The van der Waals surface area contributed by atoms with Crippen LogP contribution >= 0.6 is 19.2 Å². The first kappa shape index (κ1) is 19.1. The lowest BCUT2D eigenvalue weighted by Gasteiger charge is -2.24. The third-order valence-electron chi connectivity index (χ3n) is 2.51. The highest BCUT2D eigenvalue weighted by Crippen LogP contribution is 2.58. The summed E-state index contributed by atoms with van der Waals surface area (Å²) < 4.78 is 24.1. The average molecular weight is 345 g/mol. The fraction of sp³-hybridized carbons (Fsp3) is 0.438. The van der Waals surface area contributed by atoms with Crippen molar-refractivity contribution in [3.05, 3.63) is 40.2 Å².